The van der Waals surface area contributed by atoms with E-state index >= 15 is 0 Å². The molecule has 0 bridgehead atoms. The molecule has 0 spiro atoms. The number of halogens is 1. The number of ether oxygens (including phenoxy) is 1. The molecule has 104 valence electrons. The molecule has 0 aliphatic heterocycles. The van der Waals surface area contributed by atoms with E-state index in [1.807, 2.05) is 0 Å². The van der Waals surface area contributed by atoms with Gasteiger partial charge in [0, 0.05) is 5.03 Å². The Balaban J connectivity index is 1.97. The minimum atomic E-state index is -0.518. The van der Waals surface area contributed by atoms with Gasteiger partial charge >= 0.3 is 5.97 Å². The summed E-state index contributed by atoms with van der Waals surface area (Å²) in [7, 11) is 0. The molecule has 0 aliphatic rings. The van der Waals surface area contributed by atoms with Gasteiger partial charge in [-0.2, -0.15) is 0 Å². The quantitative estimate of drug-likeness (QED) is 0.858. The maximum Gasteiger partial charge on any atom is 0.348 e. The number of carbonyl (C=O) groups excluding carboxylic acids is 2. The molecule has 0 aromatic carbocycles. The topological polar surface area (TPSA) is 68.5 Å². The van der Waals surface area contributed by atoms with Gasteiger partial charge in [0.15, 0.2) is 5.76 Å². The smallest absolute Gasteiger partial charge is 0.348 e. The highest BCUT2D eigenvalue weighted by Gasteiger charge is 2.14. The van der Waals surface area contributed by atoms with E-state index in [0.717, 1.165) is 11.3 Å². The van der Waals surface area contributed by atoms with Gasteiger partial charge in [-0.15, -0.1) is 11.3 Å². The number of carbonyl (C=O) groups is 2. The van der Waals surface area contributed by atoms with Crippen LogP contribution in [0.2, 0.25) is 0 Å². The van der Waals surface area contributed by atoms with Crippen molar-refractivity contribution >= 4 is 39.8 Å². The molecule has 0 aliphatic carbocycles. The highest BCUT2D eigenvalue weighted by atomic mass is 35.5. The molecule has 0 atom stereocenters. The van der Waals surface area contributed by atoms with Crippen LogP contribution in [0, 0.1) is 0 Å². The molecule has 20 heavy (non-hydrogen) atoms. The van der Waals surface area contributed by atoms with E-state index in [1.54, 1.807) is 24.3 Å². The van der Waals surface area contributed by atoms with Crippen molar-refractivity contribution in [2.24, 2.45) is 0 Å². The number of esters is 1. The third-order valence-electron chi connectivity index (χ3n) is 2.15. The fraction of sp³-hybridized carbons (Fsp3) is 0.0769. The van der Waals surface area contributed by atoms with E-state index in [0.29, 0.717) is 9.88 Å². The van der Waals surface area contributed by atoms with Crippen LogP contribution in [0.1, 0.15) is 20.2 Å². The largest absolute Gasteiger partial charge is 0.459 e. The van der Waals surface area contributed by atoms with Crippen LogP contribution >= 0.6 is 22.9 Å². The summed E-state index contributed by atoms with van der Waals surface area (Å²) in [5.41, 5.74) is 0. The summed E-state index contributed by atoms with van der Waals surface area (Å²) >= 11 is 6.60. The molecule has 2 aromatic rings. The minimum absolute atomic E-state index is 0.0492. The maximum atomic E-state index is 11.7. The molecule has 0 unspecified atom stereocenters. The average Bonchev–Trinajstić information content (AvgIpc) is 3.06. The lowest BCUT2D eigenvalue weighted by Crippen LogP contribution is -2.09. The number of nitrogens with one attached hydrogen (secondary N) is 1. The van der Waals surface area contributed by atoms with Gasteiger partial charge in [-0.25, -0.2) is 4.79 Å². The van der Waals surface area contributed by atoms with E-state index < -0.39 is 5.97 Å². The monoisotopic (exact) mass is 311 g/mol. The second-order valence-corrected chi connectivity index (χ2v) is 5.31. The number of thiophene rings is 1. The SMILES string of the molecule is C=C(Cl)COC(=O)c1ccc(NC(=O)c2ccco2)s1. The van der Waals surface area contributed by atoms with Gasteiger partial charge in [0.2, 0.25) is 0 Å². The molecule has 5 nitrogen and oxygen atoms in total. The normalized spacial score (nSPS) is 10.1. The van der Waals surface area contributed by atoms with Gasteiger partial charge in [-0.3, -0.25) is 4.79 Å². The molecule has 2 aromatic heterocycles. The van der Waals surface area contributed by atoms with Gasteiger partial charge in [-0.1, -0.05) is 18.2 Å². The third-order valence-corrected chi connectivity index (χ3v) is 3.24. The fourth-order valence-corrected chi connectivity index (χ4v) is 2.16. The van der Waals surface area contributed by atoms with Gasteiger partial charge in [0.1, 0.15) is 11.5 Å². The Bertz CT molecular complexity index is 633. The van der Waals surface area contributed by atoms with Crippen molar-refractivity contribution in [2.75, 3.05) is 11.9 Å². The summed E-state index contributed by atoms with van der Waals surface area (Å²) in [6.07, 6.45) is 1.41. The van der Waals surface area contributed by atoms with Crippen LogP contribution in [0.5, 0.6) is 0 Å². The minimum Gasteiger partial charge on any atom is -0.459 e. The first-order valence-electron chi connectivity index (χ1n) is 5.51. The number of amides is 1. The van der Waals surface area contributed by atoms with Gasteiger partial charge in [0.05, 0.1) is 11.3 Å². The molecule has 0 saturated carbocycles. The van der Waals surface area contributed by atoms with Crippen LogP contribution in [0.3, 0.4) is 0 Å². The standard InChI is InChI=1S/C13H10ClNO4S/c1-8(14)7-19-13(17)10-4-5-11(20-10)15-12(16)9-3-2-6-18-9/h2-6H,1,7H2,(H,15,16). The lowest BCUT2D eigenvalue weighted by molar-refractivity contribution is 0.0551. The lowest BCUT2D eigenvalue weighted by Gasteiger charge is -2.00. The van der Waals surface area contributed by atoms with Crippen molar-refractivity contribution in [2.45, 2.75) is 0 Å². The Hall–Kier alpha value is -2.05. The number of rotatable bonds is 5. The van der Waals surface area contributed by atoms with Gasteiger partial charge in [-0.05, 0) is 24.3 Å². The molecular weight excluding hydrogens is 302 g/mol. The van der Waals surface area contributed by atoms with Gasteiger partial charge < -0.3 is 14.5 Å². The fourth-order valence-electron chi connectivity index (χ4n) is 1.31. The second kappa shape index (κ2) is 6.40. The van der Waals surface area contributed by atoms with Crippen LogP contribution in [-0.4, -0.2) is 18.5 Å². The number of hydrogen-bond acceptors (Lipinski definition) is 5. The molecule has 7 heteroatoms. The van der Waals surface area contributed by atoms with Crippen molar-refractivity contribution in [3.8, 4) is 0 Å². The van der Waals surface area contributed by atoms with Crippen molar-refractivity contribution in [1.82, 2.24) is 0 Å². The molecule has 0 radical (unpaired) electrons. The van der Waals surface area contributed by atoms with Crippen LogP contribution < -0.4 is 5.32 Å². The zero-order chi connectivity index (χ0) is 14.5. The van der Waals surface area contributed by atoms with Crippen molar-refractivity contribution in [3.05, 3.63) is 52.8 Å². The maximum absolute atomic E-state index is 11.7. The predicted octanol–water partition coefficient (Wildman–Crippen LogP) is 3.50. The summed E-state index contributed by atoms with van der Waals surface area (Å²) in [5.74, 6) is -0.706. The highest BCUT2D eigenvalue weighted by molar-refractivity contribution is 7.18. The lowest BCUT2D eigenvalue weighted by atomic mass is 10.4. The van der Waals surface area contributed by atoms with E-state index in [1.165, 1.54) is 6.26 Å². The third kappa shape index (κ3) is 3.72. The molecule has 2 rings (SSSR count). The summed E-state index contributed by atoms with van der Waals surface area (Å²) in [5, 5.41) is 3.37. The molecule has 0 fully saturated rings. The summed E-state index contributed by atoms with van der Waals surface area (Å²) in [4.78, 5) is 23.7. The van der Waals surface area contributed by atoms with Crippen LogP contribution in [0.15, 0.2) is 46.6 Å². The van der Waals surface area contributed by atoms with Gasteiger partial charge in [0.25, 0.3) is 5.91 Å². The molecular formula is C13H10ClNO4S. The van der Waals surface area contributed by atoms with E-state index in [-0.39, 0.29) is 23.3 Å². The second-order valence-electron chi connectivity index (χ2n) is 3.69. The highest BCUT2D eigenvalue weighted by Crippen LogP contribution is 2.23. The molecule has 2 heterocycles. The van der Waals surface area contributed by atoms with Crippen LogP contribution in [-0.2, 0) is 4.74 Å². The Morgan fingerprint density at radius 2 is 2.20 bits per heavy atom. The summed E-state index contributed by atoms with van der Waals surface area (Å²) in [6.45, 7) is 3.37. The Kier molecular flexibility index (Phi) is 4.60. The Morgan fingerprint density at radius 1 is 1.40 bits per heavy atom. The zero-order valence-electron chi connectivity index (χ0n) is 10.2. The summed E-state index contributed by atoms with van der Waals surface area (Å²) < 4.78 is 9.85. The van der Waals surface area contributed by atoms with Crippen molar-refractivity contribution in [3.63, 3.8) is 0 Å². The Labute approximate surface area is 123 Å². The van der Waals surface area contributed by atoms with E-state index in [9.17, 15) is 9.59 Å². The van der Waals surface area contributed by atoms with Crippen LogP contribution in [0.25, 0.3) is 0 Å². The van der Waals surface area contributed by atoms with Crippen molar-refractivity contribution < 1.29 is 18.7 Å². The van der Waals surface area contributed by atoms with E-state index in [4.69, 9.17) is 20.8 Å². The average molecular weight is 312 g/mol. The first-order valence-corrected chi connectivity index (χ1v) is 6.71. The Morgan fingerprint density at radius 3 is 2.85 bits per heavy atom. The number of furan rings is 1. The summed E-state index contributed by atoms with van der Waals surface area (Å²) in [6, 6.07) is 6.33. The molecule has 0 saturated heterocycles. The van der Waals surface area contributed by atoms with Crippen molar-refractivity contribution in [1.29, 1.82) is 0 Å². The zero-order valence-corrected chi connectivity index (χ0v) is 11.8. The van der Waals surface area contributed by atoms with E-state index in [2.05, 4.69) is 11.9 Å². The molecule has 1 N–H and O–H groups in total. The predicted molar refractivity (Wildman–Crippen MR) is 76.3 cm³/mol. The number of hydrogen-bond donors (Lipinski definition) is 1. The molecule has 1 amide bonds. The first kappa shape index (κ1) is 14.4. The van der Waals surface area contributed by atoms with Crippen LogP contribution in [0.4, 0.5) is 5.00 Å². The first-order chi connectivity index (χ1) is 9.56. The number of anilines is 1.